The lowest BCUT2D eigenvalue weighted by Crippen LogP contribution is -1.95. The standard InChI is InChI=1S/C4H6N2OS.BrH/c5-2-3-1-4(7)6-8-3;/h1H,2,5H2,(H,6,7);1H. The van der Waals surface area contributed by atoms with Gasteiger partial charge < -0.3 is 5.73 Å². The van der Waals surface area contributed by atoms with Gasteiger partial charge >= 0.3 is 0 Å². The van der Waals surface area contributed by atoms with Gasteiger partial charge in [-0.15, -0.1) is 17.0 Å². The highest BCUT2D eigenvalue weighted by atomic mass is 79.9. The van der Waals surface area contributed by atoms with Crippen molar-refractivity contribution >= 4 is 28.5 Å². The highest BCUT2D eigenvalue weighted by Gasteiger charge is 1.89. The van der Waals surface area contributed by atoms with Crippen LogP contribution in [0, 0.1) is 0 Å². The normalized spacial score (nSPS) is 8.56. The molecule has 0 aliphatic carbocycles. The molecule has 52 valence electrons. The van der Waals surface area contributed by atoms with Gasteiger partial charge in [0, 0.05) is 17.5 Å². The number of hydrogen-bond acceptors (Lipinski definition) is 3. The summed E-state index contributed by atoms with van der Waals surface area (Å²) in [4.78, 5) is 11.2. The molecule has 0 atom stereocenters. The van der Waals surface area contributed by atoms with Crippen molar-refractivity contribution in [2.24, 2.45) is 5.73 Å². The van der Waals surface area contributed by atoms with E-state index in [1.165, 1.54) is 17.6 Å². The van der Waals surface area contributed by atoms with Crippen LogP contribution in [0.2, 0.25) is 0 Å². The summed E-state index contributed by atoms with van der Waals surface area (Å²) in [6.07, 6.45) is 0. The fourth-order valence-corrected chi connectivity index (χ4v) is 0.961. The molecule has 1 aromatic heterocycles. The van der Waals surface area contributed by atoms with Crippen molar-refractivity contribution in [3.05, 3.63) is 21.3 Å². The molecule has 0 saturated carbocycles. The van der Waals surface area contributed by atoms with Gasteiger partial charge in [0.15, 0.2) is 0 Å². The Morgan fingerprint density at radius 3 is 2.67 bits per heavy atom. The van der Waals surface area contributed by atoms with Crippen molar-refractivity contribution < 1.29 is 0 Å². The summed E-state index contributed by atoms with van der Waals surface area (Å²) in [6.45, 7) is 0.448. The lowest BCUT2D eigenvalue weighted by molar-refractivity contribution is 1.11. The largest absolute Gasteiger partial charge is 0.326 e. The summed E-state index contributed by atoms with van der Waals surface area (Å²) in [7, 11) is 0. The molecule has 0 bridgehead atoms. The van der Waals surface area contributed by atoms with Crippen LogP contribution < -0.4 is 11.3 Å². The predicted octanol–water partition coefficient (Wildman–Crippen LogP) is 0.473. The zero-order valence-electron chi connectivity index (χ0n) is 4.59. The highest BCUT2D eigenvalue weighted by Crippen LogP contribution is 1.96. The fourth-order valence-electron chi connectivity index (χ4n) is 0.422. The molecule has 9 heavy (non-hydrogen) atoms. The minimum absolute atomic E-state index is 0. The number of aromatic amines is 1. The van der Waals surface area contributed by atoms with E-state index in [-0.39, 0.29) is 22.5 Å². The summed E-state index contributed by atoms with van der Waals surface area (Å²) in [5, 5.41) is 0. The first-order chi connectivity index (χ1) is 3.83. The Kier molecular flexibility index (Phi) is 3.76. The Labute approximate surface area is 66.8 Å². The third-order valence-corrected chi connectivity index (χ3v) is 1.63. The van der Waals surface area contributed by atoms with Crippen molar-refractivity contribution in [1.29, 1.82) is 0 Å². The van der Waals surface area contributed by atoms with Crippen LogP contribution in [0.3, 0.4) is 0 Å². The summed E-state index contributed by atoms with van der Waals surface area (Å²) in [5.74, 6) is 0. The number of aromatic nitrogens is 1. The molecular formula is C4H7BrN2OS. The molecule has 1 aromatic rings. The molecule has 0 saturated heterocycles. The molecule has 0 spiro atoms. The fraction of sp³-hybridized carbons (Fsp3) is 0.250. The van der Waals surface area contributed by atoms with E-state index in [2.05, 4.69) is 4.37 Å². The summed E-state index contributed by atoms with van der Waals surface area (Å²) in [5.41, 5.74) is 5.15. The number of nitrogens with two attached hydrogens (primary N) is 1. The quantitative estimate of drug-likeness (QED) is 0.709. The second-order valence-corrected chi connectivity index (χ2v) is 2.32. The molecule has 3 N–H and O–H groups in total. The van der Waals surface area contributed by atoms with E-state index in [1.54, 1.807) is 0 Å². The summed E-state index contributed by atoms with van der Waals surface area (Å²) < 4.78 is 2.53. The summed E-state index contributed by atoms with van der Waals surface area (Å²) in [6, 6.07) is 1.50. The van der Waals surface area contributed by atoms with Gasteiger partial charge in [-0.05, 0) is 0 Å². The maximum atomic E-state index is 10.3. The van der Waals surface area contributed by atoms with Crippen LogP contribution in [0.5, 0.6) is 0 Å². The molecule has 0 aliphatic heterocycles. The highest BCUT2D eigenvalue weighted by molar-refractivity contribution is 8.93. The third-order valence-electron chi connectivity index (χ3n) is 0.776. The number of rotatable bonds is 1. The first-order valence-electron chi connectivity index (χ1n) is 2.20. The Morgan fingerprint density at radius 1 is 1.78 bits per heavy atom. The predicted molar refractivity (Wildman–Crippen MR) is 43.2 cm³/mol. The van der Waals surface area contributed by atoms with Crippen molar-refractivity contribution in [1.82, 2.24) is 4.37 Å². The number of halogens is 1. The Hall–Kier alpha value is -0.130. The van der Waals surface area contributed by atoms with Crippen LogP contribution in [0.1, 0.15) is 4.88 Å². The van der Waals surface area contributed by atoms with Gasteiger partial charge in [0.25, 0.3) is 5.56 Å². The minimum atomic E-state index is -0.0598. The van der Waals surface area contributed by atoms with Gasteiger partial charge in [-0.3, -0.25) is 9.17 Å². The molecule has 0 amide bonds. The van der Waals surface area contributed by atoms with Gasteiger partial charge in [-0.2, -0.15) is 0 Å². The molecule has 1 rings (SSSR count). The van der Waals surface area contributed by atoms with E-state index in [9.17, 15) is 4.79 Å². The molecule has 1 heterocycles. The molecule has 0 aliphatic rings. The number of H-pyrrole nitrogens is 1. The van der Waals surface area contributed by atoms with Crippen molar-refractivity contribution in [3.8, 4) is 0 Å². The van der Waals surface area contributed by atoms with Crippen LogP contribution in [0.25, 0.3) is 0 Å². The van der Waals surface area contributed by atoms with E-state index in [1.807, 2.05) is 0 Å². The van der Waals surface area contributed by atoms with Crippen LogP contribution in [0.4, 0.5) is 0 Å². The van der Waals surface area contributed by atoms with Gasteiger partial charge in [-0.25, -0.2) is 0 Å². The molecule has 0 fully saturated rings. The topological polar surface area (TPSA) is 58.9 Å². The maximum absolute atomic E-state index is 10.3. The molecule has 3 nitrogen and oxygen atoms in total. The first-order valence-corrected chi connectivity index (χ1v) is 3.02. The zero-order chi connectivity index (χ0) is 5.98. The Morgan fingerprint density at radius 2 is 2.44 bits per heavy atom. The smallest absolute Gasteiger partial charge is 0.258 e. The zero-order valence-corrected chi connectivity index (χ0v) is 7.12. The average molecular weight is 211 g/mol. The van der Waals surface area contributed by atoms with Gasteiger partial charge in [0.05, 0.1) is 0 Å². The Bertz CT molecular complexity index is 218. The average Bonchev–Trinajstić information content (AvgIpc) is 2.14. The van der Waals surface area contributed by atoms with E-state index >= 15 is 0 Å². The molecule has 0 radical (unpaired) electrons. The SMILES string of the molecule is Br.NCc1cc(=O)[nH]s1. The Balaban J connectivity index is 0.000000640. The molecular weight excluding hydrogens is 204 g/mol. The van der Waals surface area contributed by atoms with Crippen LogP contribution in [-0.4, -0.2) is 4.37 Å². The molecule has 0 unspecified atom stereocenters. The van der Waals surface area contributed by atoms with Gasteiger partial charge in [-0.1, -0.05) is 11.5 Å². The van der Waals surface area contributed by atoms with Crippen LogP contribution >= 0.6 is 28.5 Å². The third kappa shape index (κ3) is 2.30. The van der Waals surface area contributed by atoms with Gasteiger partial charge in [0.2, 0.25) is 0 Å². The maximum Gasteiger partial charge on any atom is 0.258 e. The monoisotopic (exact) mass is 210 g/mol. The molecule has 5 heteroatoms. The second-order valence-electron chi connectivity index (χ2n) is 1.38. The number of nitrogens with one attached hydrogen (secondary N) is 1. The van der Waals surface area contributed by atoms with Crippen LogP contribution in [0.15, 0.2) is 10.9 Å². The van der Waals surface area contributed by atoms with Gasteiger partial charge in [0.1, 0.15) is 0 Å². The summed E-state index contributed by atoms with van der Waals surface area (Å²) >= 11 is 1.29. The van der Waals surface area contributed by atoms with Crippen molar-refractivity contribution in [2.45, 2.75) is 6.54 Å². The first kappa shape index (κ1) is 8.87. The molecule has 0 aromatic carbocycles. The van der Waals surface area contributed by atoms with Crippen LogP contribution in [-0.2, 0) is 6.54 Å². The van der Waals surface area contributed by atoms with E-state index in [0.717, 1.165) is 4.88 Å². The number of hydrogen-bond donors (Lipinski definition) is 2. The van der Waals surface area contributed by atoms with E-state index in [4.69, 9.17) is 5.73 Å². The second kappa shape index (κ2) is 3.81. The van der Waals surface area contributed by atoms with E-state index < -0.39 is 0 Å². The van der Waals surface area contributed by atoms with Crippen molar-refractivity contribution in [3.63, 3.8) is 0 Å². The lowest BCUT2D eigenvalue weighted by Gasteiger charge is -1.77. The van der Waals surface area contributed by atoms with E-state index in [0.29, 0.717) is 6.54 Å². The van der Waals surface area contributed by atoms with Crippen molar-refractivity contribution in [2.75, 3.05) is 0 Å². The lowest BCUT2D eigenvalue weighted by atomic mass is 10.5. The minimum Gasteiger partial charge on any atom is -0.326 e.